The highest BCUT2D eigenvalue weighted by Gasteiger charge is 2.34. The Balaban J connectivity index is 0.999. The fourth-order valence-corrected chi connectivity index (χ4v) is 7.26. The van der Waals surface area contributed by atoms with Crippen molar-refractivity contribution in [3.8, 4) is 11.4 Å². The molecule has 0 saturated heterocycles. The fourth-order valence-electron chi connectivity index (χ4n) is 7.26. The van der Waals surface area contributed by atoms with E-state index in [1.54, 1.807) is 0 Å². The van der Waals surface area contributed by atoms with Crippen molar-refractivity contribution in [2.75, 3.05) is 0 Å². The normalized spacial score (nSPS) is 17.5. The van der Waals surface area contributed by atoms with E-state index in [9.17, 15) is 0 Å². The molecule has 0 spiro atoms. The lowest BCUT2D eigenvalue weighted by molar-refractivity contribution is 0.270. The Bertz CT molecular complexity index is 2440. The van der Waals surface area contributed by atoms with Crippen LogP contribution < -0.4 is 4.74 Å². The molecule has 0 amide bonds. The third-order valence-electron chi connectivity index (χ3n) is 9.31. The maximum atomic E-state index is 6.56. The van der Waals surface area contributed by atoms with Gasteiger partial charge in [0.2, 0.25) is 0 Å². The number of rotatable bonds is 2. The molecule has 2 aliphatic rings. The van der Waals surface area contributed by atoms with Crippen molar-refractivity contribution in [3.05, 3.63) is 151 Å². The molecule has 8 aromatic rings. The Kier molecular flexibility index (Phi) is 4.56. The summed E-state index contributed by atoms with van der Waals surface area (Å²) in [6.45, 7) is 0. The van der Waals surface area contributed by atoms with E-state index < -0.39 is 0 Å². The third-order valence-corrected chi connectivity index (χ3v) is 9.31. The fraction of sp³-hybridized carbons (Fsp3) is 0.0500. The van der Waals surface area contributed by atoms with Crippen molar-refractivity contribution < 1.29 is 9.15 Å². The van der Waals surface area contributed by atoms with E-state index in [-0.39, 0.29) is 12.0 Å². The van der Waals surface area contributed by atoms with Crippen molar-refractivity contribution in [2.24, 2.45) is 0 Å². The van der Waals surface area contributed by atoms with Crippen LogP contribution in [-0.4, -0.2) is 10.7 Å². The summed E-state index contributed by atoms with van der Waals surface area (Å²) >= 11 is 0. The highest BCUT2D eigenvalue weighted by atomic mass is 16.5. The topological polar surface area (TPSA) is 27.3 Å². The number of hydrogen-bond acceptors (Lipinski definition) is 2. The maximum Gasteiger partial charge on any atom is 0.136 e. The average Bonchev–Trinajstić information content (AvgIpc) is 3.71. The molecule has 3 heterocycles. The van der Waals surface area contributed by atoms with Crippen LogP contribution in [0.25, 0.3) is 65.8 Å². The van der Waals surface area contributed by atoms with Gasteiger partial charge in [-0.1, -0.05) is 78.9 Å². The number of ether oxygens (including phenoxy) is 1. The summed E-state index contributed by atoms with van der Waals surface area (Å²) < 4.78 is 15.1. The van der Waals surface area contributed by atoms with Crippen molar-refractivity contribution in [1.82, 2.24) is 4.57 Å². The van der Waals surface area contributed by atoms with Crippen LogP contribution in [0.5, 0.6) is 5.75 Å². The number of benzene rings is 6. The van der Waals surface area contributed by atoms with Crippen molar-refractivity contribution in [2.45, 2.75) is 12.0 Å². The van der Waals surface area contributed by atoms with Gasteiger partial charge in [0.15, 0.2) is 0 Å². The molecule has 3 heteroatoms. The number of para-hydroxylation sites is 3. The molecule has 0 fully saturated rings. The lowest BCUT2D eigenvalue weighted by Crippen LogP contribution is -2.17. The first-order valence-electron chi connectivity index (χ1n) is 14.8. The molecule has 1 aliphatic carbocycles. The summed E-state index contributed by atoms with van der Waals surface area (Å²) in [5.74, 6) is 1.17. The minimum atomic E-state index is -0.0207. The zero-order valence-electron chi connectivity index (χ0n) is 23.2. The van der Waals surface area contributed by atoms with Crippen LogP contribution in [0.2, 0.25) is 0 Å². The highest BCUT2D eigenvalue weighted by Crippen LogP contribution is 2.46. The number of hydrogen-bond donors (Lipinski definition) is 0. The smallest absolute Gasteiger partial charge is 0.136 e. The minimum Gasteiger partial charge on any atom is -0.485 e. The van der Waals surface area contributed by atoms with Crippen LogP contribution >= 0.6 is 0 Å². The van der Waals surface area contributed by atoms with Crippen LogP contribution in [0.3, 0.4) is 0 Å². The lowest BCUT2D eigenvalue weighted by atomic mass is 9.87. The first-order valence-corrected chi connectivity index (χ1v) is 14.8. The van der Waals surface area contributed by atoms with Crippen LogP contribution in [0.1, 0.15) is 17.0 Å². The van der Waals surface area contributed by atoms with Crippen LogP contribution in [0.4, 0.5) is 0 Å². The van der Waals surface area contributed by atoms with E-state index in [0.717, 1.165) is 38.8 Å². The second-order valence-electron chi connectivity index (χ2n) is 11.7. The summed E-state index contributed by atoms with van der Waals surface area (Å²) in [6.07, 6.45) is 6.83. The number of nitrogens with zero attached hydrogens (tertiary/aromatic N) is 1. The molecule has 3 nitrogen and oxygen atoms in total. The molecule has 2 unspecified atom stereocenters. The van der Waals surface area contributed by atoms with Crippen molar-refractivity contribution in [3.63, 3.8) is 0 Å². The Morgan fingerprint density at radius 2 is 1.28 bits per heavy atom. The van der Waals surface area contributed by atoms with Crippen molar-refractivity contribution in [1.29, 1.82) is 0 Å². The SMILES string of the molecule is C1=CC2c3cc4cc5c(cc4cc3OC2C=C1c1ccc(-n2c3ccccc3c3ccccc32)cc1)oc1ccccc15. The monoisotopic (exact) mass is 551 g/mol. The van der Waals surface area contributed by atoms with Crippen LogP contribution in [0, 0.1) is 0 Å². The quantitative estimate of drug-likeness (QED) is 0.214. The largest absolute Gasteiger partial charge is 0.485 e. The predicted octanol–water partition coefficient (Wildman–Crippen LogP) is 10.3. The average molecular weight is 552 g/mol. The predicted molar refractivity (Wildman–Crippen MR) is 176 cm³/mol. The van der Waals surface area contributed by atoms with Gasteiger partial charge in [0.1, 0.15) is 23.0 Å². The lowest BCUT2D eigenvalue weighted by Gasteiger charge is -2.19. The van der Waals surface area contributed by atoms with Gasteiger partial charge in [-0.05, 0) is 82.6 Å². The van der Waals surface area contributed by atoms with Gasteiger partial charge in [0.25, 0.3) is 0 Å². The maximum absolute atomic E-state index is 6.56. The van der Waals surface area contributed by atoms with Crippen molar-refractivity contribution >= 4 is 60.1 Å². The van der Waals surface area contributed by atoms with E-state index in [1.807, 2.05) is 12.1 Å². The molecule has 10 rings (SSSR count). The second kappa shape index (κ2) is 8.50. The molecule has 1 aliphatic heterocycles. The van der Waals surface area contributed by atoms with E-state index in [0.29, 0.717) is 0 Å². The van der Waals surface area contributed by atoms with E-state index >= 15 is 0 Å². The molecule has 43 heavy (non-hydrogen) atoms. The van der Waals surface area contributed by atoms with Gasteiger partial charge in [-0.25, -0.2) is 0 Å². The second-order valence-corrected chi connectivity index (χ2v) is 11.7. The Morgan fingerprint density at radius 1 is 0.581 bits per heavy atom. The summed E-state index contributed by atoms with van der Waals surface area (Å²) in [5.41, 5.74) is 9.07. The summed E-state index contributed by atoms with van der Waals surface area (Å²) in [5, 5.41) is 7.22. The zero-order chi connectivity index (χ0) is 28.1. The standard InChI is InChI=1S/C40H25NO2/c1-4-10-35-29(7-1)30-8-2-5-11-36(30)41(35)28-16-13-24(14-17-28)25-15-18-32-34-20-26-19-33-31-9-3-6-12-37(31)42-39(33)22-27(26)23-40(34)43-38(32)21-25/h1-23,32,38H. The first kappa shape index (κ1) is 23.1. The molecule has 0 saturated carbocycles. The summed E-state index contributed by atoms with van der Waals surface area (Å²) in [4.78, 5) is 0. The third kappa shape index (κ3) is 3.30. The van der Waals surface area contributed by atoms with E-state index in [4.69, 9.17) is 9.15 Å². The first-order chi connectivity index (χ1) is 21.3. The molecule has 2 aromatic heterocycles. The molecule has 0 N–H and O–H groups in total. The number of aromatic nitrogens is 1. The molecule has 0 radical (unpaired) electrons. The zero-order valence-corrected chi connectivity index (χ0v) is 23.2. The Hall–Kier alpha value is -5.54. The van der Waals surface area contributed by atoms with Gasteiger partial charge in [-0.15, -0.1) is 0 Å². The van der Waals surface area contributed by atoms with Gasteiger partial charge < -0.3 is 13.7 Å². The van der Waals surface area contributed by atoms with Crippen LogP contribution in [-0.2, 0) is 0 Å². The molecular weight excluding hydrogens is 526 g/mol. The summed E-state index contributed by atoms with van der Waals surface area (Å²) in [7, 11) is 0. The molecule has 0 bridgehead atoms. The summed E-state index contributed by atoms with van der Waals surface area (Å²) in [6, 6.07) is 43.3. The minimum absolute atomic E-state index is 0.0207. The van der Waals surface area contributed by atoms with E-state index in [2.05, 4.69) is 132 Å². The molecule has 6 aromatic carbocycles. The Labute approximate surface area is 247 Å². The number of furan rings is 1. The number of allylic oxidation sites excluding steroid dienone is 2. The molecule has 2 atom stereocenters. The van der Waals surface area contributed by atoms with Gasteiger partial charge in [0, 0.05) is 38.7 Å². The Morgan fingerprint density at radius 3 is 2.07 bits per heavy atom. The van der Waals surface area contributed by atoms with Gasteiger partial charge in [-0.2, -0.15) is 0 Å². The van der Waals surface area contributed by atoms with E-state index in [1.165, 1.54) is 43.9 Å². The van der Waals surface area contributed by atoms with Gasteiger partial charge >= 0.3 is 0 Å². The molecule has 202 valence electrons. The van der Waals surface area contributed by atoms with Gasteiger partial charge in [0.05, 0.1) is 11.0 Å². The van der Waals surface area contributed by atoms with Gasteiger partial charge in [-0.3, -0.25) is 0 Å². The highest BCUT2D eigenvalue weighted by molar-refractivity contribution is 6.11. The number of fused-ring (bicyclic) bond motifs is 10. The molecular formula is C40H25NO2. The van der Waals surface area contributed by atoms with Crippen LogP contribution in [0.15, 0.2) is 144 Å².